The van der Waals surface area contributed by atoms with Crippen LogP contribution >= 0.6 is 11.6 Å². The SMILES string of the molecule is Cc1onc(-c2c(F)cccc2Cl)c1C(=O)N1CCC(N)C(C)(C)C1. The fraction of sp³-hybridized carbons (Fsp3) is 0.444. The van der Waals surface area contributed by atoms with Crippen LogP contribution in [0.5, 0.6) is 0 Å². The van der Waals surface area contributed by atoms with Crippen LogP contribution in [0, 0.1) is 18.2 Å². The molecule has 1 aromatic carbocycles. The predicted molar refractivity (Wildman–Crippen MR) is 93.9 cm³/mol. The topological polar surface area (TPSA) is 72.4 Å². The minimum Gasteiger partial charge on any atom is -0.360 e. The monoisotopic (exact) mass is 365 g/mol. The Morgan fingerprint density at radius 2 is 2.20 bits per heavy atom. The number of piperidine rings is 1. The number of likely N-dealkylation sites (tertiary alicyclic amines) is 1. The summed E-state index contributed by atoms with van der Waals surface area (Å²) in [5.74, 6) is -0.448. The summed E-state index contributed by atoms with van der Waals surface area (Å²) in [5, 5.41) is 4.09. The average Bonchev–Trinajstić information content (AvgIpc) is 2.90. The second-order valence-corrected chi connectivity index (χ2v) is 7.58. The first-order chi connectivity index (χ1) is 11.7. The lowest BCUT2D eigenvalue weighted by molar-refractivity contribution is 0.0532. The van der Waals surface area contributed by atoms with Crippen molar-refractivity contribution < 1.29 is 13.7 Å². The molecule has 2 aromatic rings. The average molecular weight is 366 g/mol. The molecule has 1 aromatic heterocycles. The summed E-state index contributed by atoms with van der Waals surface area (Å²) in [6, 6.07) is 4.37. The van der Waals surface area contributed by atoms with E-state index in [4.69, 9.17) is 21.9 Å². The molecule has 0 bridgehead atoms. The highest BCUT2D eigenvalue weighted by molar-refractivity contribution is 6.33. The van der Waals surface area contributed by atoms with E-state index >= 15 is 0 Å². The van der Waals surface area contributed by atoms with Crippen molar-refractivity contribution in [3.63, 3.8) is 0 Å². The van der Waals surface area contributed by atoms with Crippen molar-refractivity contribution in [3.05, 3.63) is 40.4 Å². The number of nitrogens with two attached hydrogens (primary N) is 1. The molecule has 1 aliphatic heterocycles. The van der Waals surface area contributed by atoms with Crippen molar-refractivity contribution in [2.75, 3.05) is 13.1 Å². The van der Waals surface area contributed by atoms with Gasteiger partial charge in [-0.3, -0.25) is 4.79 Å². The van der Waals surface area contributed by atoms with Crippen molar-refractivity contribution >= 4 is 17.5 Å². The van der Waals surface area contributed by atoms with Gasteiger partial charge in [0.2, 0.25) is 0 Å². The third-order valence-corrected chi connectivity index (χ3v) is 5.19. The molecule has 2 heterocycles. The fourth-order valence-electron chi connectivity index (χ4n) is 3.22. The van der Waals surface area contributed by atoms with Gasteiger partial charge in [0, 0.05) is 19.1 Å². The number of rotatable bonds is 2. The van der Waals surface area contributed by atoms with Crippen molar-refractivity contribution in [2.45, 2.75) is 33.2 Å². The van der Waals surface area contributed by atoms with Crippen LogP contribution in [0.4, 0.5) is 4.39 Å². The third kappa shape index (κ3) is 3.16. The van der Waals surface area contributed by atoms with Gasteiger partial charge in [-0.05, 0) is 30.9 Å². The Morgan fingerprint density at radius 3 is 2.84 bits per heavy atom. The van der Waals surface area contributed by atoms with Crippen molar-refractivity contribution in [3.8, 4) is 11.3 Å². The molecule has 0 spiro atoms. The Balaban J connectivity index is 2.02. The number of amides is 1. The second-order valence-electron chi connectivity index (χ2n) is 7.17. The molecular formula is C18H21ClFN3O2. The molecular weight excluding hydrogens is 345 g/mol. The number of aryl methyl sites for hydroxylation is 1. The number of nitrogens with zero attached hydrogens (tertiary/aromatic N) is 2. The van der Waals surface area contributed by atoms with Gasteiger partial charge in [0.05, 0.1) is 10.6 Å². The quantitative estimate of drug-likeness (QED) is 0.881. The van der Waals surface area contributed by atoms with E-state index in [-0.39, 0.29) is 39.2 Å². The van der Waals surface area contributed by atoms with Gasteiger partial charge in [-0.15, -0.1) is 0 Å². The van der Waals surface area contributed by atoms with Crippen molar-refractivity contribution in [1.82, 2.24) is 10.1 Å². The molecule has 1 atom stereocenters. The molecule has 0 aliphatic carbocycles. The molecule has 0 saturated carbocycles. The zero-order valence-electron chi connectivity index (χ0n) is 14.5. The Kier molecular flexibility index (Phi) is 4.60. The van der Waals surface area contributed by atoms with Crippen LogP contribution in [0.25, 0.3) is 11.3 Å². The van der Waals surface area contributed by atoms with Gasteiger partial charge < -0.3 is 15.2 Å². The maximum absolute atomic E-state index is 14.3. The van der Waals surface area contributed by atoms with Crippen LogP contribution in [-0.2, 0) is 0 Å². The van der Waals surface area contributed by atoms with E-state index in [2.05, 4.69) is 5.16 Å². The van der Waals surface area contributed by atoms with Crippen LogP contribution in [0.1, 0.15) is 36.4 Å². The van der Waals surface area contributed by atoms with E-state index in [0.29, 0.717) is 25.3 Å². The smallest absolute Gasteiger partial charge is 0.259 e. The maximum Gasteiger partial charge on any atom is 0.259 e. The van der Waals surface area contributed by atoms with Gasteiger partial charge in [-0.25, -0.2) is 4.39 Å². The summed E-state index contributed by atoms with van der Waals surface area (Å²) >= 11 is 6.14. The number of aromatic nitrogens is 1. The summed E-state index contributed by atoms with van der Waals surface area (Å²) in [4.78, 5) is 14.8. The van der Waals surface area contributed by atoms with E-state index in [9.17, 15) is 9.18 Å². The summed E-state index contributed by atoms with van der Waals surface area (Å²) in [6.45, 7) is 6.76. The first kappa shape index (κ1) is 17.9. The lowest BCUT2D eigenvalue weighted by atomic mass is 9.79. The highest BCUT2D eigenvalue weighted by atomic mass is 35.5. The first-order valence-corrected chi connectivity index (χ1v) is 8.55. The van der Waals surface area contributed by atoms with Crippen LogP contribution in [-0.4, -0.2) is 35.1 Å². The molecule has 5 nitrogen and oxygen atoms in total. The molecule has 2 N–H and O–H groups in total. The molecule has 1 saturated heterocycles. The Bertz CT molecular complexity index is 798. The fourth-order valence-corrected chi connectivity index (χ4v) is 3.48. The molecule has 134 valence electrons. The Labute approximate surface area is 150 Å². The number of halogens is 2. The number of carbonyl (C=O) groups is 1. The van der Waals surface area contributed by atoms with E-state index in [1.807, 2.05) is 13.8 Å². The van der Waals surface area contributed by atoms with Crippen molar-refractivity contribution in [1.29, 1.82) is 0 Å². The molecule has 25 heavy (non-hydrogen) atoms. The number of hydrogen-bond donors (Lipinski definition) is 1. The van der Waals surface area contributed by atoms with E-state index < -0.39 is 5.82 Å². The van der Waals surface area contributed by atoms with Gasteiger partial charge in [0.1, 0.15) is 22.8 Å². The first-order valence-electron chi connectivity index (χ1n) is 8.18. The lowest BCUT2D eigenvalue weighted by Crippen LogP contribution is -2.54. The Hall–Kier alpha value is -1.92. The molecule has 1 aliphatic rings. The molecule has 1 unspecified atom stereocenters. The summed E-state index contributed by atoms with van der Waals surface area (Å²) in [6.07, 6.45) is 0.707. The lowest BCUT2D eigenvalue weighted by Gasteiger charge is -2.42. The van der Waals surface area contributed by atoms with Crippen LogP contribution < -0.4 is 5.73 Å². The van der Waals surface area contributed by atoms with Crippen LogP contribution in [0.2, 0.25) is 5.02 Å². The molecule has 1 fully saturated rings. The standard InChI is InChI=1S/C18H21ClFN3O2/c1-10-14(17(24)23-8-7-13(21)18(2,3)9-23)16(22-25-10)15-11(19)5-4-6-12(15)20/h4-6,13H,7-9,21H2,1-3H3. The van der Waals surface area contributed by atoms with E-state index in [0.717, 1.165) is 0 Å². The molecule has 3 rings (SSSR count). The highest BCUT2D eigenvalue weighted by Gasteiger charge is 2.37. The normalized spacial score (nSPS) is 19.9. The van der Waals surface area contributed by atoms with Gasteiger partial charge in [0.15, 0.2) is 0 Å². The third-order valence-electron chi connectivity index (χ3n) is 4.88. The zero-order valence-corrected chi connectivity index (χ0v) is 15.2. The van der Waals surface area contributed by atoms with Crippen molar-refractivity contribution in [2.24, 2.45) is 11.1 Å². The number of hydrogen-bond acceptors (Lipinski definition) is 4. The second kappa shape index (κ2) is 6.42. The molecule has 1 amide bonds. The summed E-state index contributed by atoms with van der Waals surface area (Å²) < 4.78 is 19.5. The minimum atomic E-state index is -0.546. The summed E-state index contributed by atoms with van der Waals surface area (Å²) in [7, 11) is 0. The summed E-state index contributed by atoms with van der Waals surface area (Å²) in [5.41, 5.74) is 6.42. The van der Waals surface area contributed by atoms with Crippen LogP contribution in [0.3, 0.4) is 0 Å². The van der Waals surface area contributed by atoms with E-state index in [1.54, 1.807) is 17.9 Å². The Morgan fingerprint density at radius 1 is 1.48 bits per heavy atom. The number of benzene rings is 1. The van der Waals surface area contributed by atoms with Gasteiger partial charge in [-0.1, -0.05) is 36.7 Å². The minimum absolute atomic E-state index is 0.0283. The molecule has 7 heteroatoms. The van der Waals surface area contributed by atoms with Gasteiger partial charge in [-0.2, -0.15) is 0 Å². The zero-order chi connectivity index (χ0) is 18.4. The highest BCUT2D eigenvalue weighted by Crippen LogP contribution is 2.35. The molecule has 0 radical (unpaired) electrons. The maximum atomic E-state index is 14.3. The van der Waals surface area contributed by atoms with Gasteiger partial charge >= 0.3 is 0 Å². The number of carbonyl (C=O) groups excluding carboxylic acids is 1. The predicted octanol–water partition coefficient (Wildman–Crippen LogP) is 3.64. The van der Waals surface area contributed by atoms with Gasteiger partial charge in [0.25, 0.3) is 5.91 Å². The van der Waals surface area contributed by atoms with Crippen LogP contribution in [0.15, 0.2) is 22.7 Å². The largest absolute Gasteiger partial charge is 0.360 e. The van der Waals surface area contributed by atoms with E-state index in [1.165, 1.54) is 12.1 Å².